The summed E-state index contributed by atoms with van der Waals surface area (Å²) in [7, 11) is 0. The number of benzene rings is 2. The number of amides is 1. The summed E-state index contributed by atoms with van der Waals surface area (Å²) in [4.78, 5) is 30.2. The van der Waals surface area contributed by atoms with Crippen LogP contribution >= 0.6 is 0 Å². The fourth-order valence-electron chi connectivity index (χ4n) is 2.60. The van der Waals surface area contributed by atoms with Gasteiger partial charge in [0.2, 0.25) is 0 Å². The molecule has 27 heavy (non-hydrogen) atoms. The molecule has 2 aromatic carbocycles. The molecule has 3 rings (SSSR count). The highest BCUT2D eigenvalue weighted by atomic mass is 16.5. The lowest BCUT2D eigenvalue weighted by Crippen LogP contribution is -2.40. The van der Waals surface area contributed by atoms with Crippen LogP contribution in [0, 0.1) is 0 Å². The number of hydrogen-bond acceptors (Lipinski definition) is 5. The molecule has 8 nitrogen and oxygen atoms in total. The van der Waals surface area contributed by atoms with Crippen LogP contribution < -0.4 is 16.2 Å². The summed E-state index contributed by atoms with van der Waals surface area (Å²) in [5, 5.41) is 0. The van der Waals surface area contributed by atoms with Gasteiger partial charge in [-0.15, -0.1) is 0 Å². The molecule has 1 aliphatic rings. The Labute approximate surface area is 156 Å². The molecule has 2 aromatic rings. The van der Waals surface area contributed by atoms with Gasteiger partial charge in [0, 0.05) is 18.7 Å². The Morgan fingerprint density at radius 1 is 0.926 bits per heavy atom. The lowest BCUT2D eigenvalue weighted by molar-refractivity contribution is 0.0303. The minimum atomic E-state index is -0.515. The fourth-order valence-corrected chi connectivity index (χ4v) is 2.60. The van der Waals surface area contributed by atoms with Gasteiger partial charge in [-0.2, -0.15) is 0 Å². The second kappa shape index (κ2) is 8.33. The molecule has 0 aliphatic carbocycles. The average Bonchev–Trinajstić information content (AvgIpc) is 2.69. The van der Waals surface area contributed by atoms with E-state index >= 15 is 0 Å². The Morgan fingerprint density at radius 2 is 1.52 bits per heavy atom. The maximum Gasteiger partial charge on any atom is 0.343 e. The summed E-state index contributed by atoms with van der Waals surface area (Å²) in [6, 6.07) is 12.8. The number of guanidine groups is 1. The number of carbonyl (C=O) groups excluding carboxylic acids is 2. The third-order valence-electron chi connectivity index (χ3n) is 3.97. The summed E-state index contributed by atoms with van der Waals surface area (Å²) in [5.74, 6) is -0.283. The van der Waals surface area contributed by atoms with Crippen molar-refractivity contribution in [3.8, 4) is 5.75 Å². The highest BCUT2D eigenvalue weighted by molar-refractivity contribution is 5.95. The van der Waals surface area contributed by atoms with Gasteiger partial charge in [0.05, 0.1) is 24.5 Å². The molecule has 140 valence electrons. The minimum Gasteiger partial charge on any atom is -0.423 e. The molecule has 1 aliphatic heterocycles. The van der Waals surface area contributed by atoms with Crippen molar-refractivity contribution in [3.63, 3.8) is 0 Å². The summed E-state index contributed by atoms with van der Waals surface area (Å²) in [5.41, 5.74) is 12.1. The third kappa shape index (κ3) is 4.83. The van der Waals surface area contributed by atoms with Gasteiger partial charge in [-0.05, 0) is 48.5 Å². The standard InChI is InChI=1S/C19H20N4O4/c20-19(21)22-15-5-1-14(2-6-15)18(25)27-16-7-3-13(4-8-16)17(24)23-9-11-26-12-10-23/h1-8H,9-12H2,(H4,20,21,22). The van der Waals surface area contributed by atoms with Gasteiger partial charge < -0.3 is 25.8 Å². The van der Waals surface area contributed by atoms with Gasteiger partial charge in [0.1, 0.15) is 5.75 Å². The van der Waals surface area contributed by atoms with Crippen molar-refractivity contribution in [1.82, 2.24) is 4.90 Å². The Morgan fingerprint density at radius 3 is 2.11 bits per heavy atom. The van der Waals surface area contributed by atoms with Gasteiger partial charge in [-0.1, -0.05) is 0 Å². The fraction of sp³-hybridized carbons (Fsp3) is 0.211. The minimum absolute atomic E-state index is 0.0583. The number of morpholine rings is 1. The third-order valence-corrected chi connectivity index (χ3v) is 3.97. The lowest BCUT2D eigenvalue weighted by atomic mass is 10.2. The number of nitrogens with zero attached hydrogens (tertiary/aromatic N) is 2. The zero-order valence-corrected chi connectivity index (χ0v) is 14.6. The van der Waals surface area contributed by atoms with Crippen molar-refractivity contribution in [2.45, 2.75) is 0 Å². The molecule has 1 heterocycles. The molecule has 0 bridgehead atoms. The van der Waals surface area contributed by atoms with Crippen LogP contribution in [0.1, 0.15) is 20.7 Å². The van der Waals surface area contributed by atoms with E-state index in [0.29, 0.717) is 48.9 Å². The summed E-state index contributed by atoms with van der Waals surface area (Å²) in [6.07, 6.45) is 0. The van der Waals surface area contributed by atoms with E-state index in [1.165, 1.54) is 0 Å². The smallest absolute Gasteiger partial charge is 0.343 e. The maximum absolute atomic E-state index is 12.4. The molecular weight excluding hydrogens is 348 g/mol. The maximum atomic E-state index is 12.4. The molecular formula is C19H20N4O4. The molecule has 0 unspecified atom stereocenters. The van der Waals surface area contributed by atoms with Crippen molar-refractivity contribution in [3.05, 3.63) is 59.7 Å². The topological polar surface area (TPSA) is 120 Å². The van der Waals surface area contributed by atoms with E-state index in [9.17, 15) is 9.59 Å². The van der Waals surface area contributed by atoms with Crippen LogP contribution in [0.25, 0.3) is 0 Å². The molecule has 0 aromatic heterocycles. The number of hydrogen-bond donors (Lipinski definition) is 2. The average molecular weight is 368 g/mol. The number of ether oxygens (including phenoxy) is 2. The van der Waals surface area contributed by atoms with E-state index in [1.54, 1.807) is 53.4 Å². The zero-order valence-electron chi connectivity index (χ0n) is 14.6. The van der Waals surface area contributed by atoms with Gasteiger partial charge in [-0.25, -0.2) is 9.79 Å². The SMILES string of the molecule is NC(N)=Nc1ccc(C(=O)Oc2ccc(C(=O)N3CCOCC3)cc2)cc1. The van der Waals surface area contributed by atoms with E-state index in [1.807, 2.05) is 0 Å². The van der Waals surface area contributed by atoms with Crippen LogP contribution in [0.4, 0.5) is 5.69 Å². The molecule has 1 amide bonds. The second-order valence-electron chi connectivity index (χ2n) is 5.90. The van der Waals surface area contributed by atoms with Crippen LogP contribution in [0.5, 0.6) is 5.75 Å². The van der Waals surface area contributed by atoms with E-state index in [2.05, 4.69) is 4.99 Å². The first-order chi connectivity index (χ1) is 13.0. The van der Waals surface area contributed by atoms with Crippen molar-refractivity contribution in [2.75, 3.05) is 26.3 Å². The van der Waals surface area contributed by atoms with Crippen molar-refractivity contribution >= 4 is 23.5 Å². The van der Waals surface area contributed by atoms with E-state index in [0.717, 1.165) is 0 Å². The summed E-state index contributed by atoms with van der Waals surface area (Å²) < 4.78 is 10.6. The molecule has 0 spiro atoms. The van der Waals surface area contributed by atoms with Gasteiger partial charge >= 0.3 is 5.97 Å². The van der Waals surface area contributed by atoms with Crippen LogP contribution in [-0.4, -0.2) is 49.0 Å². The largest absolute Gasteiger partial charge is 0.423 e. The summed E-state index contributed by atoms with van der Waals surface area (Å²) in [6.45, 7) is 2.24. The molecule has 0 atom stereocenters. The molecule has 0 radical (unpaired) electrons. The number of nitrogens with two attached hydrogens (primary N) is 2. The predicted molar refractivity (Wildman–Crippen MR) is 100 cm³/mol. The highest BCUT2D eigenvalue weighted by Gasteiger charge is 2.18. The zero-order chi connectivity index (χ0) is 19.2. The lowest BCUT2D eigenvalue weighted by Gasteiger charge is -2.26. The van der Waals surface area contributed by atoms with Crippen molar-refractivity contribution in [1.29, 1.82) is 0 Å². The number of aliphatic imine (C=N–C) groups is 1. The monoisotopic (exact) mass is 368 g/mol. The first kappa shape index (κ1) is 18.4. The molecule has 4 N–H and O–H groups in total. The highest BCUT2D eigenvalue weighted by Crippen LogP contribution is 2.18. The van der Waals surface area contributed by atoms with Crippen LogP contribution in [0.2, 0.25) is 0 Å². The number of rotatable bonds is 4. The Kier molecular flexibility index (Phi) is 5.68. The molecule has 1 saturated heterocycles. The number of carbonyl (C=O) groups is 2. The van der Waals surface area contributed by atoms with Crippen LogP contribution in [0.15, 0.2) is 53.5 Å². The summed E-state index contributed by atoms with van der Waals surface area (Å²) >= 11 is 0. The van der Waals surface area contributed by atoms with Gasteiger partial charge in [0.15, 0.2) is 5.96 Å². The van der Waals surface area contributed by atoms with Crippen molar-refractivity contribution in [2.24, 2.45) is 16.5 Å². The molecule has 1 fully saturated rings. The first-order valence-electron chi connectivity index (χ1n) is 8.42. The Hall–Kier alpha value is -3.39. The number of esters is 1. The van der Waals surface area contributed by atoms with Crippen LogP contribution in [0.3, 0.4) is 0 Å². The van der Waals surface area contributed by atoms with E-state index in [-0.39, 0.29) is 11.9 Å². The second-order valence-corrected chi connectivity index (χ2v) is 5.90. The van der Waals surface area contributed by atoms with Crippen LogP contribution in [-0.2, 0) is 4.74 Å². The molecule has 8 heteroatoms. The predicted octanol–water partition coefficient (Wildman–Crippen LogP) is 1.28. The van der Waals surface area contributed by atoms with E-state index < -0.39 is 5.97 Å². The van der Waals surface area contributed by atoms with Crippen molar-refractivity contribution < 1.29 is 19.1 Å². The van der Waals surface area contributed by atoms with E-state index in [4.69, 9.17) is 20.9 Å². The van der Waals surface area contributed by atoms with Gasteiger partial charge in [-0.3, -0.25) is 4.79 Å². The first-order valence-corrected chi connectivity index (χ1v) is 8.42. The quantitative estimate of drug-likeness (QED) is 0.363. The Bertz CT molecular complexity index is 837. The molecule has 0 saturated carbocycles. The van der Waals surface area contributed by atoms with Gasteiger partial charge in [0.25, 0.3) is 5.91 Å². The normalized spacial score (nSPS) is 13.7. The Balaban J connectivity index is 1.62.